The topological polar surface area (TPSA) is 120 Å². The molecule has 0 saturated heterocycles. The molecule has 0 spiro atoms. The number of carbonyl (C=O) groups is 2. The lowest BCUT2D eigenvalue weighted by atomic mass is 10.1. The molecule has 3 heterocycles. The molecule has 0 radical (unpaired) electrons. The first-order valence-corrected chi connectivity index (χ1v) is 8.35. The summed E-state index contributed by atoms with van der Waals surface area (Å²) in [4.78, 5) is 30.6. The second-order valence-electron chi connectivity index (χ2n) is 6.09. The Morgan fingerprint density at radius 3 is 2.66 bits per heavy atom. The summed E-state index contributed by atoms with van der Waals surface area (Å²) < 4.78 is 33.6. The fraction of sp³-hybridized carbons (Fsp3) is 0.222. The van der Waals surface area contributed by atoms with Crippen molar-refractivity contribution in [1.82, 2.24) is 25.0 Å². The normalized spacial score (nSPS) is 11.9. The highest BCUT2D eigenvalue weighted by Gasteiger charge is 2.22. The van der Waals surface area contributed by atoms with Crippen LogP contribution in [0.4, 0.5) is 8.78 Å². The molecule has 0 unspecified atom stereocenters. The van der Waals surface area contributed by atoms with E-state index in [1.54, 1.807) is 7.05 Å². The molecule has 0 bridgehead atoms. The number of hydrogen-bond acceptors (Lipinski definition) is 7. The molecule has 1 N–H and O–H groups in total. The van der Waals surface area contributed by atoms with Crippen molar-refractivity contribution in [3.8, 4) is 11.4 Å². The Morgan fingerprint density at radius 2 is 2.00 bits per heavy atom. The quantitative estimate of drug-likeness (QED) is 0.491. The molecule has 0 amide bonds. The molecule has 1 atom stereocenters. The van der Waals surface area contributed by atoms with Crippen LogP contribution >= 0.6 is 0 Å². The molecule has 3 aromatic heterocycles. The Bertz CT molecular complexity index is 1070. The zero-order valence-corrected chi connectivity index (χ0v) is 15.3. The summed E-state index contributed by atoms with van der Waals surface area (Å²) in [5.74, 6) is -3.54. The number of aryl methyl sites for hydroxylation is 1. The molecule has 9 nitrogen and oxygen atoms in total. The molecular formula is C18H15F2N5O4. The van der Waals surface area contributed by atoms with Crippen molar-refractivity contribution in [2.45, 2.75) is 19.4 Å². The first kappa shape index (κ1) is 20.0. The highest BCUT2D eigenvalue weighted by molar-refractivity contribution is 5.87. The van der Waals surface area contributed by atoms with E-state index in [2.05, 4.69) is 20.3 Å². The summed E-state index contributed by atoms with van der Waals surface area (Å²) >= 11 is 0. The molecule has 0 fully saturated rings. The van der Waals surface area contributed by atoms with Gasteiger partial charge in [-0.2, -0.15) is 4.39 Å². The highest BCUT2D eigenvalue weighted by atomic mass is 19.1. The number of carboxylic acids is 1. The van der Waals surface area contributed by atoms with Crippen LogP contribution in [0.15, 0.2) is 30.6 Å². The van der Waals surface area contributed by atoms with Crippen LogP contribution in [0.2, 0.25) is 0 Å². The number of aromatic carboxylic acids is 1. The standard InChI is InChI=1S/C18H15F2N5O4/c1-9(12-5-11(19)8-22-17(12)20)29-15(26)6-14-16(23-24-25(14)2)13-4-3-10(7-21-13)18(27)28/h3-5,7-9H,6H2,1-2H3,(H,27,28)/t9-/m1/s1. The zero-order valence-electron chi connectivity index (χ0n) is 15.3. The van der Waals surface area contributed by atoms with Crippen LogP contribution in [-0.2, 0) is 23.0 Å². The third kappa shape index (κ3) is 4.39. The molecule has 3 rings (SSSR count). The van der Waals surface area contributed by atoms with Crippen LogP contribution in [0.5, 0.6) is 0 Å². The Labute approximate surface area is 163 Å². The lowest BCUT2D eigenvalue weighted by Gasteiger charge is -2.14. The number of aromatic nitrogens is 5. The monoisotopic (exact) mass is 403 g/mol. The predicted octanol–water partition coefficient (Wildman–Crippen LogP) is 2.10. The molecule has 0 aliphatic rings. The molecule has 150 valence electrons. The Hall–Kier alpha value is -3.76. The van der Waals surface area contributed by atoms with E-state index in [9.17, 15) is 18.4 Å². The number of hydrogen-bond donors (Lipinski definition) is 1. The van der Waals surface area contributed by atoms with E-state index >= 15 is 0 Å². The van der Waals surface area contributed by atoms with Gasteiger partial charge in [0.25, 0.3) is 0 Å². The van der Waals surface area contributed by atoms with Crippen LogP contribution in [0.3, 0.4) is 0 Å². The third-order valence-corrected chi connectivity index (χ3v) is 4.09. The van der Waals surface area contributed by atoms with Gasteiger partial charge in [-0.05, 0) is 25.1 Å². The summed E-state index contributed by atoms with van der Waals surface area (Å²) in [6.45, 7) is 1.39. The molecule has 0 aliphatic heterocycles. The maximum atomic E-state index is 13.7. The summed E-state index contributed by atoms with van der Waals surface area (Å²) in [5, 5.41) is 16.8. The Morgan fingerprint density at radius 1 is 1.24 bits per heavy atom. The summed E-state index contributed by atoms with van der Waals surface area (Å²) in [7, 11) is 1.56. The van der Waals surface area contributed by atoms with Gasteiger partial charge in [0.15, 0.2) is 0 Å². The smallest absolute Gasteiger partial charge is 0.337 e. The van der Waals surface area contributed by atoms with Gasteiger partial charge >= 0.3 is 11.9 Å². The maximum absolute atomic E-state index is 13.7. The molecule has 0 saturated carbocycles. The molecule has 3 aromatic rings. The second kappa shape index (κ2) is 8.09. The first-order chi connectivity index (χ1) is 13.8. The number of carboxylic acid groups (broad SMARTS) is 1. The van der Waals surface area contributed by atoms with E-state index in [-0.39, 0.29) is 23.2 Å². The second-order valence-corrected chi connectivity index (χ2v) is 6.09. The fourth-order valence-electron chi connectivity index (χ4n) is 2.60. The van der Waals surface area contributed by atoms with Gasteiger partial charge in [0.05, 0.1) is 35.1 Å². The van der Waals surface area contributed by atoms with Crippen molar-refractivity contribution in [2.24, 2.45) is 7.05 Å². The van der Waals surface area contributed by atoms with Crippen molar-refractivity contribution in [2.75, 3.05) is 0 Å². The minimum Gasteiger partial charge on any atom is -0.478 e. The fourth-order valence-corrected chi connectivity index (χ4v) is 2.60. The van der Waals surface area contributed by atoms with E-state index in [0.717, 1.165) is 18.5 Å². The van der Waals surface area contributed by atoms with Gasteiger partial charge in [-0.1, -0.05) is 5.21 Å². The number of rotatable bonds is 6. The van der Waals surface area contributed by atoms with Gasteiger partial charge in [-0.25, -0.2) is 14.2 Å². The van der Waals surface area contributed by atoms with Crippen LogP contribution in [0.1, 0.15) is 34.6 Å². The van der Waals surface area contributed by atoms with Gasteiger partial charge in [-0.3, -0.25) is 14.5 Å². The van der Waals surface area contributed by atoms with Gasteiger partial charge in [0.2, 0.25) is 5.95 Å². The van der Waals surface area contributed by atoms with E-state index in [1.807, 2.05) is 0 Å². The molecule has 29 heavy (non-hydrogen) atoms. The summed E-state index contributed by atoms with van der Waals surface area (Å²) in [6, 6.07) is 3.70. The zero-order chi connectivity index (χ0) is 21.1. The highest BCUT2D eigenvalue weighted by Crippen LogP contribution is 2.23. The number of carbonyl (C=O) groups excluding carboxylic acids is 1. The van der Waals surface area contributed by atoms with Gasteiger partial charge in [-0.15, -0.1) is 5.10 Å². The van der Waals surface area contributed by atoms with E-state index in [4.69, 9.17) is 9.84 Å². The third-order valence-electron chi connectivity index (χ3n) is 4.09. The minimum atomic E-state index is -1.12. The van der Waals surface area contributed by atoms with E-state index < -0.39 is 29.8 Å². The van der Waals surface area contributed by atoms with Crippen LogP contribution < -0.4 is 0 Å². The number of nitrogens with zero attached hydrogens (tertiary/aromatic N) is 5. The van der Waals surface area contributed by atoms with Gasteiger partial charge in [0.1, 0.15) is 17.6 Å². The van der Waals surface area contributed by atoms with Crippen LogP contribution in [0.25, 0.3) is 11.4 Å². The van der Waals surface area contributed by atoms with Crippen molar-refractivity contribution in [3.63, 3.8) is 0 Å². The van der Waals surface area contributed by atoms with Crippen LogP contribution in [-0.4, -0.2) is 42.0 Å². The van der Waals surface area contributed by atoms with Crippen molar-refractivity contribution in [3.05, 3.63) is 59.2 Å². The molecule has 11 heteroatoms. The summed E-state index contributed by atoms with van der Waals surface area (Å²) in [5.41, 5.74) is 0.758. The predicted molar refractivity (Wildman–Crippen MR) is 93.6 cm³/mol. The van der Waals surface area contributed by atoms with Crippen LogP contribution in [0, 0.1) is 11.8 Å². The number of esters is 1. The lowest BCUT2D eigenvalue weighted by Crippen LogP contribution is -2.15. The average Bonchev–Trinajstić information content (AvgIpc) is 3.04. The van der Waals surface area contributed by atoms with Gasteiger partial charge < -0.3 is 9.84 Å². The van der Waals surface area contributed by atoms with E-state index in [1.165, 1.54) is 23.7 Å². The van der Waals surface area contributed by atoms with Crippen molar-refractivity contribution >= 4 is 11.9 Å². The minimum absolute atomic E-state index is 0.00171. The number of halogens is 2. The molecule has 0 aromatic carbocycles. The first-order valence-electron chi connectivity index (χ1n) is 8.35. The SMILES string of the molecule is C[C@@H](OC(=O)Cc1c(-c2ccc(C(=O)O)cn2)nnn1C)c1cc(F)cnc1F. The lowest BCUT2D eigenvalue weighted by molar-refractivity contribution is -0.148. The largest absolute Gasteiger partial charge is 0.478 e. The maximum Gasteiger partial charge on any atom is 0.337 e. The van der Waals surface area contributed by atoms with Crippen molar-refractivity contribution < 1.29 is 28.2 Å². The number of pyridine rings is 2. The average molecular weight is 403 g/mol. The number of ether oxygens (including phenoxy) is 1. The van der Waals surface area contributed by atoms with Crippen molar-refractivity contribution in [1.29, 1.82) is 0 Å². The Kier molecular flexibility index (Phi) is 5.57. The van der Waals surface area contributed by atoms with E-state index in [0.29, 0.717) is 11.4 Å². The Balaban J connectivity index is 1.78. The molecular weight excluding hydrogens is 388 g/mol. The van der Waals surface area contributed by atoms with Gasteiger partial charge in [0, 0.05) is 13.2 Å². The molecule has 0 aliphatic carbocycles. The summed E-state index contributed by atoms with van der Waals surface area (Å²) in [6.07, 6.45) is 0.554.